The van der Waals surface area contributed by atoms with Crippen LogP contribution in [0.15, 0.2) is 48.5 Å². The maximum atomic E-state index is 11.5. The molecule has 0 amide bonds. The number of hydrogen-bond acceptors (Lipinski definition) is 2. The van der Waals surface area contributed by atoms with E-state index >= 15 is 0 Å². The molecule has 0 fully saturated rings. The highest BCUT2D eigenvalue weighted by atomic mass is 28.3. The summed E-state index contributed by atoms with van der Waals surface area (Å²) in [6, 6.07) is 16.4. The van der Waals surface area contributed by atoms with E-state index < -0.39 is 8.07 Å². The van der Waals surface area contributed by atoms with E-state index in [0.717, 1.165) is 16.3 Å². The number of rotatable bonds is 1. The molecule has 0 heterocycles. The Morgan fingerprint density at radius 3 is 2.04 bits per heavy atom. The van der Waals surface area contributed by atoms with Gasteiger partial charge in [-0.15, -0.1) is 5.54 Å². The molecule has 0 N–H and O–H groups in total. The molecule has 3 rings (SSSR count). The van der Waals surface area contributed by atoms with Crippen molar-refractivity contribution in [2.24, 2.45) is 0 Å². The first-order chi connectivity index (χ1) is 11.3. The summed E-state index contributed by atoms with van der Waals surface area (Å²) in [5.74, 6) is 3.44. The van der Waals surface area contributed by atoms with Gasteiger partial charge in [0, 0.05) is 6.92 Å². The second-order valence-corrected chi connectivity index (χ2v) is 11.7. The Bertz CT molecular complexity index is 1000. The van der Waals surface area contributed by atoms with Gasteiger partial charge in [-0.1, -0.05) is 49.8 Å². The zero-order chi connectivity index (χ0) is 17.3. The first kappa shape index (κ1) is 16.3. The number of fused-ring (bicyclic) bond motifs is 2. The molecule has 2 nitrogen and oxygen atoms in total. The lowest BCUT2D eigenvalue weighted by Gasteiger charge is -2.09. The first-order valence-electron chi connectivity index (χ1n) is 8.00. The standard InChI is InChI=1S/C21H20O2Si/c1-15(22)23-21-14-20-12-17-8-6-5-7-16(17)11-19(20)13-18(21)9-10-24(2,3)4/h5-8,11-14H,1-4H3. The Balaban J connectivity index is 2.24. The molecule has 0 unspecified atom stereocenters. The van der Waals surface area contributed by atoms with Crippen LogP contribution in [0.2, 0.25) is 19.6 Å². The van der Waals surface area contributed by atoms with Crippen LogP contribution in [0.25, 0.3) is 21.5 Å². The molecular weight excluding hydrogens is 312 g/mol. The van der Waals surface area contributed by atoms with Crippen LogP contribution >= 0.6 is 0 Å². The quantitative estimate of drug-likeness (QED) is 0.203. The van der Waals surface area contributed by atoms with Gasteiger partial charge in [0.25, 0.3) is 0 Å². The highest BCUT2D eigenvalue weighted by molar-refractivity contribution is 6.83. The molecular formula is C21H20O2Si. The van der Waals surface area contributed by atoms with Crippen molar-refractivity contribution < 1.29 is 9.53 Å². The molecule has 0 aliphatic rings. The molecule has 0 saturated carbocycles. The Hall–Kier alpha value is -2.57. The fourth-order valence-corrected chi connectivity index (χ4v) is 3.07. The van der Waals surface area contributed by atoms with Gasteiger partial charge in [0.2, 0.25) is 0 Å². The first-order valence-corrected chi connectivity index (χ1v) is 11.5. The van der Waals surface area contributed by atoms with Crippen molar-refractivity contribution in [2.45, 2.75) is 26.6 Å². The zero-order valence-corrected chi connectivity index (χ0v) is 15.4. The van der Waals surface area contributed by atoms with Gasteiger partial charge in [-0.05, 0) is 45.8 Å². The van der Waals surface area contributed by atoms with Gasteiger partial charge in [-0.25, -0.2) is 0 Å². The average Bonchev–Trinajstić information content (AvgIpc) is 2.49. The second kappa shape index (κ2) is 6.14. The second-order valence-electron chi connectivity index (χ2n) is 6.99. The number of esters is 1. The Kier molecular flexibility index (Phi) is 4.17. The minimum absolute atomic E-state index is 0.328. The van der Waals surface area contributed by atoms with Crippen LogP contribution in [0, 0.1) is 11.5 Å². The molecule has 0 saturated heterocycles. The molecule has 3 aromatic rings. The van der Waals surface area contributed by atoms with E-state index in [4.69, 9.17) is 4.74 Å². The van der Waals surface area contributed by atoms with Gasteiger partial charge in [-0.2, -0.15) is 0 Å². The summed E-state index contributed by atoms with van der Waals surface area (Å²) in [6.45, 7) is 8.00. The summed E-state index contributed by atoms with van der Waals surface area (Å²) >= 11 is 0. The minimum Gasteiger partial charge on any atom is -0.425 e. The van der Waals surface area contributed by atoms with Crippen LogP contribution < -0.4 is 4.74 Å². The van der Waals surface area contributed by atoms with Crippen molar-refractivity contribution in [3.8, 4) is 17.2 Å². The normalized spacial score (nSPS) is 11.2. The highest BCUT2D eigenvalue weighted by Crippen LogP contribution is 2.29. The van der Waals surface area contributed by atoms with E-state index in [0.29, 0.717) is 5.75 Å². The Morgan fingerprint density at radius 1 is 0.917 bits per heavy atom. The minimum atomic E-state index is -1.52. The monoisotopic (exact) mass is 332 g/mol. The van der Waals surface area contributed by atoms with Crippen molar-refractivity contribution >= 4 is 35.6 Å². The van der Waals surface area contributed by atoms with Gasteiger partial charge in [0.15, 0.2) is 0 Å². The molecule has 0 atom stereocenters. The third-order valence-electron chi connectivity index (χ3n) is 3.63. The lowest BCUT2D eigenvalue weighted by Crippen LogP contribution is -2.16. The van der Waals surface area contributed by atoms with Gasteiger partial charge in [0.1, 0.15) is 13.8 Å². The fourth-order valence-electron chi connectivity index (χ4n) is 2.56. The van der Waals surface area contributed by atoms with E-state index in [1.54, 1.807) is 0 Å². The number of benzene rings is 3. The predicted molar refractivity (Wildman–Crippen MR) is 103 cm³/mol. The van der Waals surface area contributed by atoms with Crippen LogP contribution in [0.4, 0.5) is 0 Å². The topological polar surface area (TPSA) is 26.3 Å². The predicted octanol–water partition coefficient (Wildman–Crippen LogP) is 5.15. The highest BCUT2D eigenvalue weighted by Gasteiger charge is 2.11. The van der Waals surface area contributed by atoms with Gasteiger partial charge in [-0.3, -0.25) is 4.79 Å². The fraction of sp³-hybridized carbons (Fsp3) is 0.190. The van der Waals surface area contributed by atoms with Crippen LogP contribution in [0.1, 0.15) is 12.5 Å². The average molecular weight is 332 g/mol. The number of carbonyl (C=O) groups excluding carboxylic acids is 1. The molecule has 0 aliphatic heterocycles. The largest absolute Gasteiger partial charge is 0.425 e. The maximum Gasteiger partial charge on any atom is 0.308 e. The third kappa shape index (κ3) is 3.66. The molecule has 0 radical (unpaired) electrons. The smallest absolute Gasteiger partial charge is 0.308 e. The van der Waals surface area contributed by atoms with Crippen LogP contribution in [0.5, 0.6) is 5.75 Å². The van der Waals surface area contributed by atoms with E-state index in [-0.39, 0.29) is 5.97 Å². The van der Waals surface area contributed by atoms with Crippen molar-refractivity contribution in [2.75, 3.05) is 0 Å². The summed E-state index contributed by atoms with van der Waals surface area (Å²) in [4.78, 5) is 11.5. The maximum absolute atomic E-state index is 11.5. The summed E-state index contributed by atoms with van der Waals surface area (Å²) in [6.07, 6.45) is 0. The van der Waals surface area contributed by atoms with Gasteiger partial charge >= 0.3 is 5.97 Å². The van der Waals surface area contributed by atoms with Crippen LogP contribution in [0.3, 0.4) is 0 Å². The molecule has 0 aliphatic carbocycles. The van der Waals surface area contributed by atoms with E-state index in [1.807, 2.05) is 24.3 Å². The summed E-state index contributed by atoms with van der Waals surface area (Å²) in [5.41, 5.74) is 4.12. The van der Waals surface area contributed by atoms with Gasteiger partial charge < -0.3 is 4.74 Å². The van der Waals surface area contributed by atoms with Crippen molar-refractivity contribution in [1.29, 1.82) is 0 Å². The number of hydrogen-bond donors (Lipinski definition) is 0. The van der Waals surface area contributed by atoms with Crippen LogP contribution in [-0.4, -0.2) is 14.0 Å². The molecule has 120 valence electrons. The number of carbonyl (C=O) groups is 1. The Morgan fingerprint density at radius 2 is 1.50 bits per heavy atom. The molecule has 24 heavy (non-hydrogen) atoms. The molecule has 0 aromatic heterocycles. The van der Waals surface area contributed by atoms with Crippen molar-refractivity contribution in [3.63, 3.8) is 0 Å². The van der Waals surface area contributed by atoms with E-state index in [2.05, 4.69) is 55.4 Å². The number of ether oxygens (including phenoxy) is 1. The van der Waals surface area contributed by atoms with Crippen molar-refractivity contribution in [3.05, 3.63) is 54.1 Å². The molecule has 3 aromatic carbocycles. The van der Waals surface area contributed by atoms with Gasteiger partial charge in [0.05, 0.1) is 5.56 Å². The van der Waals surface area contributed by atoms with Crippen molar-refractivity contribution in [1.82, 2.24) is 0 Å². The lowest BCUT2D eigenvalue weighted by molar-refractivity contribution is -0.131. The SMILES string of the molecule is CC(=O)Oc1cc2cc3ccccc3cc2cc1C#C[Si](C)(C)C. The Labute approximate surface area is 143 Å². The third-order valence-corrected chi connectivity index (χ3v) is 4.50. The summed E-state index contributed by atoms with van der Waals surface area (Å²) in [7, 11) is -1.52. The van der Waals surface area contributed by atoms with Crippen LogP contribution in [-0.2, 0) is 4.79 Å². The molecule has 0 bridgehead atoms. The van der Waals surface area contributed by atoms with E-state index in [1.165, 1.54) is 17.7 Å². The molecule has 0 spiro atoms. The summed E-state index contributed by atoms with van der Waals surface area (Å²) in [5, 5.41) is 4.50. The lowest BCUT2D eigenvalue weighted by atomic mass is 10.0. The molecule has 3 heteroatoms. The zero-order valence-electron chi connectivity index (χ0n) is 14.4. The van der Waals surface area contributed by atoms with E-state index in [9.17, 15) is 4.79 Å². The summed E-state index contributed by atoms with van der Waals surface area (Å²) < 4.78 is 5.40.